The van der Waals surface area contributed by atoms with Crippen LogP contribution in [0.1, 0.15) is 62.3 Å². The number of urea groups is 1. The third kappa shape index (κ3) is 19.2. The summed E-state index contributed by atoms with van der Waals surface area (Å²) in [6.07, 6.45) is 7.32. The van der Waals surface area contributed by atoms with E-state index in [1.165, 1.54) is 19.2 Å². The first-order valence-corrected chi connectivity index (χ1v) is 26.3. The number of aromatic nitrogens is 2. The van der Waals surface area contributed by atoms with Gasteiger partial charge in [-0.2, -0.15) is 5.10 Å². The molecule has 3 N–H and O–H groups in total. The van der Waals surface area contributed by atoms with Gasteiger partial charge in [0, 0.05) is 68.0 Å². The highest BCUT2D eigenvalue weighted by Gasteiger charge is 2.48. The number of amides is 3. The maximum Gasteiger partial charge on any atom is 0.409 e. The third-order valence-corrected chi connectivity index (χ3v) is 13.0. The molecule has 2 saturated heterocycles. The lowest BCUT2D eigenvalue weighted by Gasteiger charge is -2.30. The molecule has 6 rings (SSSR count). The van der Waals surface area contributed by atoms with Crippen LogP contribution < -0.4 is 20.8 Å². The number of nitrogens with two attached hydrogens (primary N) is 1. The Hall–Kier alpha value is -5.23. The van der Waals surface area contributed by atoms with E-state index in [4.69, 9.17) is 58.2 Å². The first-order chi connectivity index (χ1) is 36.4. The molecule has 4 heterocycles. The Morgan fingerprint density at radius 2 is 1.41 bits per heavy atom. The number of para-hydroxylation sites is 1. The lowest BCUT2D eigenvalue weighted by atomic mass is 9.94. The number of ether oxygens (including phenoxy) is 10. The second-order valence-corrected chi connectivity index (χ2v) is 18.0. The second kappa shape index (κ2) is 33.6. The summed E-state index contributed by atoms with van der Waals surface area (Å²) >= 11 is 0. The number of benzene rings is 2. The highest BCUT2D eigenvalue weighted by Crippen LogP contribution is 2.46. The van der Waals surface area contributed by atoms with Crippen molar-refractivity contribution < 1.29 is 57.0 Å². The molecule has 3 aromatic rings. The Labute approximate surface area is 436 Å². The molecule has 2 fully saturated rings. The first kappa shape index (κ1) is 58.0. The number of hydrogen-bond acceptors (Lipinski definition) is 17. The molecule has 2 bridgehead atoms. The van der Waals surface area contributed by atoms with Crippen molar-refractivity contribution in [2.45, 2.75) is 77.0 Å². The fraction of sp³-hybridized carbons (Fsp3) is 0.642. The third-order valence-electron chi connectivity index (χ3n) is 13.0. The van der Waals surface area contributed by atoms with Crippen LogP contribution in [0.25, 0.3) is 0 Å². The summed E-state index contributed by atoms with van der Waals surface area (Å²) in [5, 5.41) is 6.82. The van der Waals surface area contributed by atoms with Crippen LogP contribution in [0.3, 0.4) is 0 Å². The van der Waals surface area contributed by atoms with Crippen LogP contribution >= 0.6 is 0 Å². The zero-order valence-electron chi connectivity index (χ0n) is 43.9. The van der Waals surface area contributed by atoms with Crippen LogP contribution in [0, 0.1) is 6.92 Å². The number of rotatable bonds is 37. The summed E-state index contributed by atoms with van der Waals surface area (Å²) in [6, 6.07) is 18.3. The van der Waals surface area contributed by atoms with Crippen molar-refractivity contribution in [1.82, 2.24) is 19.4 Å². The Balaban J connectivity index is 0.767. The number of fused-ring (bicyclic) bond motifs is 3. The smallest absolute Gasteiger partial charge is 0.409 e. The predicted molar refractivity (Wildman–Crippen MR) is 282 cm³/mol. The fourth-order valence-corrected chi connectivity index (χ4v) is 9.51. The number of carbonyl (C=O) groups is 2. The number of carbonyl (C=O) groups excluding carboxylic acids is 2. The average molecular weight is 1040 g/mol. The van der Waals surface area contributed by atoms with E-state index in [1.54, 1.807) is 11.1 Å². The molecule has 0 radical (unpaired) electrons. The van der Waals surface area contributed by atoms with Gasteiger partial charge in [0.15, 0.2) is 0 Å². The number of hydrazone groups is 1. The van der Waals surface area contributed by atoms with Gasteiger partial charge in [-0.25, -0.2) is 14.6 Å². The quantitative estimate of drug-likeness (QED) is 0.0314. The van der Waals surface area contributed by atoms with Gasteiger partial charge in [0.2, 0.25) is 0 Å². The summed E-state index contributed by atoms with van der Waals surface area (Å²) in [5.41, 5.74) is 4.28. The maximum absolute atomic E-state index is 13.8. The van der Waals surface area contributed by atoms with Crippen molar-refractivity contribution >= 4 is 35.4 Å². The molecular formula is C53H81N9O12. The zero-order chi connectivity index (χ0) is 52.0. The van der Waals surface area contributed by atoms with E-state index in [9.17, 15) is 9.59 Å². The van der Waals surface area contributed by atoms with Crippen LogP contribution in [0.5, 0.6) is 5.75 Å². The van der Waals surface area contributed by atoms with Gasteiger partial charge in [-0.1, -0.05) is 25.1 Å². The number of nitrogens with one attached hydrogen (secondary N) is 1. The summed E-state index contributed by atoms with van der Waals surface area (Å²) < 4.78 is 57.6. The molecule has 74 heavy (non-hydrogen) atoms. The summed E-state index contributed by atoms with van der Waals surface area (Å²) in [5.74, 6) is 7.17. The van der Waals surface area contributed by atoms with Gasteiger partial charge in [0.05, 0.1) is 131 Å². The van der Waals surface area contributed by atoms with Crippen LogP contribution in [-0.2, 0) is 55.6 Å². The average Bonchev–Trinajstić information content (AvgIpc) is 4.09. The summed E-state index contributed by atoms with van der Waals surface area (Å²) in [7, 11) is 1.42. The van der Waals surface area contributed by atoms with Crippen molar-refractivity contribution in [2.24, 2.45) is 15.9 Å². The Bertz CT molecular complexity index is 2110. The van der Waals surface area contributed by atoms with E-state index in [0.29, 0.717) is 161 Å². The number of methoxy groups -OCH3 is 1. The highest BCUT2D eigenvalue weighted by atomic mass is 16.6. The van der Waals surface area contributed by atoms with E-state index in [2.05, 4.69) is 38.7 Å². The van der Waals surface area contributed by atoms with Crippen molar-refractivity contribution in [3.8, 4) is 5.75 Å². The first-order valence-electron chi connectivity index (χ1n) is 26.3. The molecular weight excluding hydrogens is 955 g/mol. The molecule has 410 valence electrons. The van der Waals surface area contributed by atoms with E-state index in [1.807, 2.05) is 59.5 Å². The minimum Gasteiger partial charge on any atom is -0.491 e. The van der Waals surface area contributed by atoms with Crippen LogP contribution in [-0.4, -0.2) is 201 Å². The Morgan fingerprint density at radius 3 is 2.04 bits per heavy atom. The van der Waals surface area contributed by atoms with Gasteiger partial charge < -0.3 is 68.0 Å². The molecule has 3 aliphatic rings. The molecule has 21 heteroatoms. The van der Waals surface area contributed by atoms with E-state index in [0.717, 1.165) is 62.5 Å². The van der Waals surface area contributed by atoms with Crippen LogP contribution in [0.2, 0.25) is 0 Å². The normalized spacial score (nSPS) is 17.6. The van der Waals surface area contributed by atoms with Gasteiger partial charge in [-0.3, -0.25) is 14.8 Å². The standard InChI is InChI=1S/C53H81N9O12/c1-4-22-66-24-26-68-28-29-69-27-25-67-23-18-55-39-44(58-54)41-73-35-34-71-31-30-70-32-33-72-36-37-74-47-14-11-43(12-15-47)57-52(63)61(45-9-6-5-7-10-45)20-8-19-60-46-13-16-50(60)51(38-46)62-42(2)56-48-40-59(53(64)65-3)21-17-49(48)62/h5-7,9-12,14-15,39,46,50-51H,4,8,13,16-38,40-41,54H2,1-3H3,(H,57,63)/b55-39?,58-44+. The SMILES string of the molecule is CCCOCCOCCOCCOCCN=C/C(COCCOCCOCCOCCOc1ccc(NC(=O)N(CCCN2C3CCC2C(n2c(C)nc4c2CCN(C(=O)OC)C4)C3)c2ccccc2)cc1)=N\N. The number of aryl methyl sites for hydroxylation is 1. The molecule has 0 spiro atoms. The van der Waals surface area contributed by atoms with E-state index >= 15 is 0 Å². The van der Waals surface area contributed by atoms with E-state index < -0.39 is 0 Å². The largest absolute Gasteiger partial charge is 0.491 e. The van der Waals surface area contributed by atoms with Gasteiger partial charge in [-0.15, -0.1) is 0 Å². The minimum absolute atomic E-state index is 0.186. The van der Waals surface area contributed by atoms with Crippen molar-refractivity contribution in [3.63, 3.8) is 0 Å². The molecule has 3 unspecified atom stereocenters. The fourth-order valence-electron chi connectivity index (χ4n) is 9.51. The van der Waals surface area contributed by atoms with Crippen LogP contribution in [0.15, 0.2) is 64.7 Å². The lowest BCUT2D eigenvalue weighted by molar-refractivity contribution is -0.00147. The van der Waals surface area contributed by atoms with Gasteiger partial charge in [-0.05, 0) is 75.4 Å². The molecule has 3 atom stereocenters. The minimum atomic E-state index is -0.305. The molecule has 21 nitrogen and oxygen atoms in total. The van der Waals surface area contributed by atoms with Crippen molar-refractivity contribution in [2.75, 3.05) is 156 Å². The summed E-state index contributed by atoms with van der Waals surface area (Å²) in [4.78, 5) is 41.5. The highest BCUT2D eigenvalue weighted by molar-refractivity contribution is 6.31. The monoisotopic (exact) mass is 1040 g/mol. The number of aliphatic imine (C=N–C) groups is 1. The molecule has 3 aliphatic heterocycles. The topological polar surface area (TPSA) is 217 Å². The number of imidazole rings is 1. The predicted octanol–water partition coefficient (Wildman–Crippen LogP) is 5.53. The molecule has 1 aromatic heterocycles. The van der Waals surface area contributed by atoms with Gasteiger partial charge >= 0.3 is 12.1 Å². The summed E-state index contributed by atoms with van der Waals surface area (Å²) in [6.45, 7) is 15.2. The van der Waals surface area contributed by atoms with Crippen molar-refractivity contribution in [3.05, 3.63) is 71.8 Å². The molecule has 0 saturated carbocycles. The van der Waals surface area contributed by atoms with Gasteiger partial charge in [0.1, 0.15) is 23.9 Å². The van der Waals surface area contributed by atoms with E-state index in [-0.39, 0.29) is 18.7 Å². The second-order valence-electron chi connectivity index (χ2n) is 18.0. The zero-order valence-corrected chi connectivity index (χ0v) is 43.9. The molecule has 2 aromatic carbocycles. The van der Waals surface area contributed by atoms with Gasteiger partial charge in [0.25, 0.3) is 0 Å². The lowest BCUT2D eigenvalue weighted by Crippen LogP contribution is -2.39. The van der Waals surface area contributed by atoms with Crippen LogP contribution in [0.4, 0.5) is 21.0 Å². The van der Waals surface area contributed by atoms with Crippen molar-refractivity contribution in [1.29, 1.82) is 0 Å². The number of hydrogen-bond donors (Lipinski definition) is 2. The Morgan fingerprint density at radius 1 is 0.784 bits per heavy atom. The molecule has 0 aliphatic carbocycles. The molecule has 3 amide bonds. The Kier molecular flexibility index (Phi) is 26.4. The number of nitrogens with zero attached hydrogens (tertiary/aromatic N) is 7. The maximum atomic E-state index is 13.8. The number of anilines is 2.